The predicted molar refractivity (Wildman–Crippen MR) is 33.4 cm³/mol. The van der Waals surface area contributed by atoms with Gasteiger partial charge in [0.1, 0.15) is 0 Å². The van der Waals surface area contributed by atoms with Crippen molar-refractivity contribution < 1.29 is 19.4 Å². The summed E-state index contributed by atoms with van der Waals surface area (Å²) in [5, 5.41) is 8.08. The number of hydrogen-bond acceptors (Lipinski definition) is 3. The van der Waals surface area contributed by atoms with Gasteiger partial charge in [-0.2, -0.15) is 0 Å². The number of carboxylic acid groups (broad SMARTS) is 1. The molecule has 4 nitrogen and oxygen atoms in total. The van der Waals surface area contributed by atoms with E-state index in [-0.39, 0.29) is 5.76 Å². The molecule has 0 amide bonds. The van der Waals surface area contributed by atoms with Gasteiger partial charge >= 0.3 is 5.97 Å². The second-order valence-corrected chi connectivity index (χ2v) is 1.63. The second kappa shape index (κ2) is 3.66. The first-order chi connectivity index (χ1) is 4.57. The smallest absolute Gasteiger partial charge is 0.376 e. The molecule has 0 atom stereocenters. The Morgan fingerprint density at radius 2 is 2.00 bits per heavy atom. The first-order valence-corrected chi connectivity index (χ1v) is 2.57. The molecule has 0 saturated carbocycles. The van der Waals surface area contributed by atoms with Gasteiger partial charge in [-0.3, -0.25) is 4.79 Å². The van der Waals surface area contributed by atoms with E-state index in [4.69, 9.17) is 5.11 Å². The number of carbonyl (C=O) groups is 2. The standard InChI is InChI=1S/C6H8O4/c1-4(10-2)3-5(7)6(8)9/h3H,1-2H3,(H,8,9)/b4-3+. The van der Waals surface area contributed by atoms with Crippen molar-refractivity contribution in [3.63, 3.8) is 0 Å². The molecule has 0 fully saturated rings. The number of carbonyl (C=O) groups excluding carboxylic acids is 1. The zero-order valence-electron chi connectivity index (χ0n) is 5.75. The third kappa shape index (κ3) is 2.86. The Labute approximate surface area is 58.1 Å². The minimum atomic E-state index is -1.48. The number of hydrogen-bond donors (Lipinski definition) is 1. The molecule has 0 spiro atoms. The van der Waals surface area contributed by atoms with Gasteiger partial charge in [0.15, 0.2) is 0 Å². The lowest BCUT2D eigenvalue weighted by molar-refractivity contribution is -0.146. The van der Waals surface area contributed by atoms with Crippen molar-refractivity contribution in [2.24, 2.45) is 0 Å². The fourth-order valence-electron chi connectivity index (χ4n) is 0.305. The van der Waals surface area contributed by atoms with Crippen molar-refractivity contribution in [2.45, 2.75) is 6.92 Å². The summed E-state index contributed by atoms with van der Waals surface area (Å²) in [7, 11) is 1.36. The van der Waals surface area contributed by atoms with Crippen molar-refractivity contribution in [1.82, 2.24) is 0 Å². The molecule has 0 aromatic carbocycles. The highest BCUT2D eigenvalue weighted by Gasteiger charge is 2.07. The summed E-state index contributed by atoms with van der Waals surface area (Å²) in [5.41, 5.74) is 0. The summed E-state index contributed by atoms with van der Waals surface area (Å²) in [6, 6.07) is 0. The number of ketones is 1. The van der Waals surface area contributed by atoms with E-state index >= 15 is 0 Å². The summed E-state index contributed by atoms with van der Waals surface area (Å²) in [4.78, 5) is 20.3. The molecule has 0 rings (SSSR count). The quantitative estimate of drug-likeness (QED) is 0.349. The largest absolute Gasteiger partial charge is 0.501 e. The monoisotopic (exact) mass is 144 g/mol. The van der Waals surface area contributed by atoms with Crippen LogP contribution >= 0.6 is 0 Å². The third-order valence-corrected chi connectivity index (χ3v) is 0.867. The van der Waals surface area contributed by atoms with Crippen LogP contribution in [0.25, 0.3) is 0 Å². The minimum Gasteiger partial charge on any atom is -0.501 e. The van der Waals surface area contributed by atoms with Crippen LogP contribution in [0.3, 0.4) is 0 Å². The molecule has 0 aromatic heterocycles. The molecule has 4 heteroatoms. The lowest BCUT2D eigenvalue weighted by atomic mass is 10.3. The molecule has 0 aromatic rings. The van der Waals surface area contributed by atoms with Crippen LogP contribution < -0.4 is 0 Å². The topological polar surface area (TPSA) is 63.6 Å². The highest BCUT2D eigenvalue weighted by Crippen LogP contribution is 1.91. The molecule has 0 saturated heterocycles. The maximum Gasteiger partial charge on any atom is 0.376 e. The van der Waals surface area contributed by atoms with Gasteiger partial charge in [-0.15, -0.1) is 0 Å². The summed E-state index contributed by atoms with van der Waals surface area (Å²) >= 11 is 0. The average molecular weight is 144 g/mol. The minimum absolute atomic E-state index is 0.285. The predicted octanol–water partition coefficient (Wildman–Crippen LogP) is 0.190. The first kappa shape index (κ1) is 8.68. The van der Waals surface area contributed by atoms with Crippen molar-refractivity contribution >= 4 is 11.8 Å². The Hall–Kier alpha value is -1.32. The number of rotatable bonds is 3. The zero-order chi connectivity index (χ0) is 8.15. The van der Waals surface area contributed by atoms with Crippen molar-refractivity contribution in [3.8, 4) is 0 Å². The molecular weight excluding hydrogens is 136 g/mol. The maximum atomic E-state index is 10.4. The Morgan fingerprint density at radius 1 is 1.50 bits per heavy atom. The van der Waals surface area contributed by atoms with Crippen LogP contribution in [0.5, 0.6) is 0 Å². The lowest BCUT2D eigenvalue weighted by Gasteiger charge is -1.94. The normalized spacial score (nSPS) is 10.8. The number of methoxy groups -OCH3 is 1. The van der Waals surface area contributed by atoms with Crippen molar-refractivity contribution in [3.05, 3.63) is 11.8 Å². The van der Waals surface area contributed by atoms with Gasteiger partial charge in [-0.05, 0) is 6.92 Å². The van der Waals surface area contributed by atoms with E-state index < -0.39 is 11.8 Å². The Kier molecular flexibility index (Phi) is 3.17. The molecule has 0 aliphatic rings. The molecule has 1 N–H and O–H groups in total. The van der Waals surface area contributed by atoms with Crippen LogP contribution in [0, 0.1) is 0 Å². The molecular formula is C6H8O4. The molecule has 0 unspecified atom stereocenters. The molecule has 56 valence electrons. The van der Waals surface area contributed by atoms with Gasteiger partial charge in [0.2, 0.25) is 0 Å². The SMILES string of the molecule is CO/C(C)=C/C(=O)C(=O)O. The van der Waals surface area contributed by atoms with E-state index in [0.717, 1.165) is 6.08 Å². The van der Waals surface area contributed by atoms with E-state index in [1.165, 1.54) is 14.0 Å². The maximum absolute atomic E-state index is 10.4. The Bertz CT molecular complexity index is 180. The fourth-order valence-corrected chi connectivity index (χ4v) is 0.305. The van der Waals surface area contributed by atoms with Gasteiger partial charge in [0.05, 0.1) is 12.9 Å². The van der Waals surface area contributed by atoms with Crippen molar-refractivity contribution in [2.75, 3.05) is 7.11 Å². The fraction of sp³-hybridized carbons (Fsp3) is 0.333. The van der Waals surface area contributed by atoms with Gasteiger partial charge in [-0.1, -0.05) is 0 Å². The summed E-state index contributed by atoms with van der Waals surface area (Å²) in [5.74, 6) is -2.16. The molecule has 0 bridgehead atoms. The summed E-state index contributed by atoms with van der Waals surface area (Å²) in [6.45, 7) is 1.50. The number of allylic oxidation sites excluding steroid dienone is 1. The van der Waals surface area contributed by atoms with Gasteiger partial charge < -0.3 is 9.84 Å². The lowest BCUT2D eigenvalue weighted by Crippen LogP contribution is -2.09. The second-order valence-electron chi connectivity index (χ2n) is 1.63. The van der Waals surface area contributed by atoms with Gasteiger partial charge in [0.25, 0.3) is 5.78 Å². The molecule has 10 heavy (non-hydrogen) atoms. The first-order valence-electron chi connectivity index (χ1n) is 2.57. The van der Waals surface area contributed by atoms with E-state index in [2.05, 4.69) is 4.74 Å². The van der Waals surface area contributed by atoms with E-state index in [9.17, 15) is 9.59 Å². The van der Waals surface area contributed by atoms with Crippen LogP contribution in [0.2, 0.25) is 0 Å². The van der Waals surface area contributed by atoms with Gasteiger partial charge in [0, 0.05) is 6.08 Å². The van der Waals surface area contributed by atoms with Crippen LogP contribution in [0.4, 0.5) is 0 Å². The van der Waals surface area contributed by atoms with Crippen LogP contribution in [0.15, 0.2) is 11.8 Å². The number of aliphatic carboxylic acids is 1. The van der Waals surface area contributed by atoms with E-state index in [1.807, 2.05) is 0 Å². The average Bonchev–Trinajstić information content (AvgIpc) is 1.87. The van der Waals surface area contributed by atoms with Crippen LogP contribution in [0.1, 0.15) is 6.92 Å². The van der Waals surface area contributed by atoms with E-state index in [0.29, 0.717) is 0 Å². The van der Waals surface area contributed by atoms with Crippen LogP contribution in [-0.4, -0.2) is 24.0 Å². The molecule has 0 heterocycles. The van der Waals surface area contributed by atoms with Gasteiger partial charge in [-0.25, -0.2) is 4.79 Å². The highest BCUT2D eigenvalue weighted by molar-refractivity contribution is 6.37. The number of ether oxygens (including phenoxy) is 1. The van der Waals surface area contributed by atoms with E-state index in [1.54, 1.807) is 0 Å². The van der Waals surface area contributed by atoms with Crippen molar-refractivity contribution in [1.29, 1.82) is 0 Å². The van der Waals surface area contributed by atoms with Crippen LogP contribution in [-0.2, 0) is 14.3 Å². The Morgan fingerprint density at radius 3 is 2.30 bits per heavy atom. The summed E-state index contributed by atoms with van der Waals surface area (Å²) < 4.78 is 4.55. The Balaban J connectivity index is 4.13. The molecule has 0 aliphatic carbocycles. The zero-order valence-corrected chi connectivity index (χ0v) is 5.75. The third-order valence-electron chi connectivity index (χ3n) is 0.867. The summed E-state index contributed by atoms with van der Waals surface area (Å²) in [6.07, 6.45) is 0.919. The highest BCUT2D eigenvalue weighted by atomic mass is 16.5. The number of carboxylic acids is 1. The molecule has 0 radical (unpaired) electrons. The molecule has 0 aliphatic heterocycles.